The van der Waals surface area contributed by atoms with Gasteiger partial charge in [0, 0.05) is 50.6 Å². The van der Waals surface area contributed by atoms with E-state index in [-0.39, 0.29) is 5.91 Å². The zero-order valence-electron chi connectivity index (χ0n) is 19.2. The van der Waals surface area contributed by atoms with E-state index in [9.17, 15) is 4.79 Å². The van der Waals surface area contributed by atoms with Crippen LogP contribution in [-0.2, 0) is 6.54 Å². The van der Waals surface area contributed by atoms with Gasteiger partial charge in [0.25, 0.3) is 5.91 Å². The molecule has 1 amide bonds. The summed E-state index contributed by atoms with van der Waals surface area (Å²) >= 11 is 6.67. The van der Waals surface area contributed by atoms with Gasteiger partial charge in [0.1, 0.15) is 0 Å². The molecule has 1 saturated heterocycles. The van der Waals surface area contributed by atoms with Gasteiger partial charge in [-0.1, -0.05) is 29.3 Å². The molecule has 1 aliphatic heterocycles. The molecule has 0 bridgehead atoms. The molecule has 2 aromatic heterocycles. The molecule has 32 heavy (non-hydrogen) atoms. The lowest BCUT2D eigenvalue weighted by Crippen LogP contribution is -2.49. The molecular formula is C24H31ClN6O. The van der Waals surface area contributed by atoms with Crippen molar-refractivity contribution >= 4 is 34.2 Å². The van der Waals surface area contributed by atoms with Gasteiger partial charge in [-0.3, -0.25) is 14.6 Å². The van der Waals surface area contributed by atoms with Gasteiger partial charge in [-0.05, 0) is 39.8 Å². The van der Waals surface area contributed by atoms with Crippen LogP contribution < -0.4 is 5.32 Å². The van der Waals surface area contributed by atoms with E-state index in [0.717, 1.165) is 67.2 Å². The van der Waals surface area contributed by atoms with E-state index >= 15 is 0 Å². The number of amides is 1. The van der Waals surface area contributed by atoms with Crippen LogP contribution in [0.1, 0.15) is 35.5 Å². The van der Waals surface area contributed by atoms with Crippen LogP contribution in [0.4, 0.5) is 5.69 Å². The molecular weight excluding hydrogens is 424 g/mol. The zero-order valence-corrected chi connectivity index (χ0v) is 20.0. The third-order valence-corrected chi connectivity index (χ3v) is 6.58. The van der Waals surface area contributed by atoms with Gasteiger partial charge in [0.2, 0.25) is 0 Å². The van der Waals surface area contributed by atoms with Crippen LogP contribution in [0.2, 0.25) is 5.02 Å². The quantitative estimate of drug-likeness (QED) is 0.610. The number of hydrogen-bond acceptors (Lipinski definition) is 5. The molecule has 0 spiro atoms. The van der Waals surface area contributed by atoms with Crippen molar-refractivity contribution < 1.29 is 4.79 Å². The Balaban J connectivity index is 1.48. The van der Waals surface area contributed by atoms with E-state index in [4.69, 9.17) is 11.6 Å². The normalized spacial score (nSPS) is 15.6. The van der Waals surface area contributed by atoms with Crippen LogP contribution >= 0.6 is 11.6 Å². The number of pyridine rings is 1. The molecule has 0 atom stereocenters. The standard InChI is InChI=1S/C24H31ClN6O/c1-16(2)30-12-9-29(10-13-30)11-14-31-23-21(18(4)28-31)22(25)20(15-26-23)24(32)27-19-7-5-17(3)6-8-19/h5-8,15-16H,9-14H2,1-4H3,(H,27,32). The number of fused-ring (bicyclic) bond motifs is 1. The van der Waals surface area contributed by atoms with Crippen molar-refractivity contribution in [2.24, 2.45) is 0 Å². The van der Waals surface area contributed by atoms with Crippen molar-refractivity contribution in [3.05, 3.63) is 52.3 Å². The average Bonchev–Trinajstić information content (AvgIpc) is 3.10. The van der Waals surface area contributed by atoms with E-state index < -0.39 is 0 Å². The molecule has 0 saturated carbocycles. The van der Waals surface area contributed by atoms with Gasteiger partial charge in [-0.25, -0.2) is 9.67 Å². The van der Waals surface area contributed by atoms with Gasteiger partial charge in [0.15, 0.2) is 5.65 Å². The fourth-order valence-electron chi connectivity index (χ4n) is 4.16. The van der Waals surface area contributed by atoms with Crippen LogP contribution in [0, 0.1) is 13.8 Å². The molecule has 3 heterocycles. The summed E-state index contributed by atoms with van der Waals surface area (Å²) in [4.78, 5) is 22.4. The first-order valence-corrected chi connectivity index (χ1v) is 11.6. The van der Waals surface area contributed by atoms with Crippen LogP contribution in [-0.4, -0.2) is 69.2 Å². The number of benzene rings is 1. The second-order valence-electron chi connectivity index (χ2n) is 8.78. The molecule has 0 unspecified atom stereocenters. The monoisotopic (exact) mass is 454 g/mol. The Hall–Kier alpha value is -2.48. The number of rotatable bonds is 6. The number of nitrogens with one attached hydrogen (secondary N) is 1. The third kappa shape index (κ3) is 4.80. The lowest BCUT2D eigenvalue weighted by atomic mass is 10.2. The van der Waals surface area contributed by atoms with Gasteiger partial charge < -0.3 is 5.32 Å². The molecule has 3 aromatic rings. The number of anilines is 1. The number of piperazine rings is 1. The van der Waals surface area contributed by atoms with Crippen molar-refractivity contribution in [1.29, 1.82) is 0 Å². The second kappa shape index (κ2) is 9.57. The van der Waals surface area contributed by atoms with Gasteiger partial charge in [0.05, 0.1) is 28.2 Å². The number of carbonyl (C=O) groups is 1. The molecule has 1 aromatic carbocycles. The highest BCUT2D eigenvalue weighted by Crippen LogP contribution is 2.29. The minimum Gasteiger partial charge on any atom is -0.322 e. The van der Waals surface area contributed by atoms with Crippen molar-refractivity contribution in [3.63, 3.8) is 0 Å². The molecule has 1 N–H and O–H groups in total. The van der Waals surface area contributed by atoms with Gasteiger partial charge in [-0.2, -0.15) is 5.10 Å². The maximum Gasteiger partial charge on any atom is 0.258 e. The predicted molar refractivity (Wildman–Crippen MR) is 130 cm³/mol. The minimum absolute atomic E-state index is 0.275. The van der Waals surface area contributed by atoms with E-state index in [2.05, 4.69) is 39.0 Å². The Kier molecular flexibility index (Phi) is 6.79. The number of nitrogens with zero attached hydrogens (tertiary/aromatic N) is 5. The number of halogens is 1. The first kappa shape index (κ1) is 22.7. The second-order valence-corrected chi connectivity index (χ2v) is 9.16. The Morgan fingerprint density at radius 1 is 1.09 bits per heavy atom. The summed E-state index contributed by atoms with van der Waals surface area (Å²) in [7, 11) is 0. The predicted octanol–water partition coefficient (Wildman–Crippen LogP) is 3.98. The van der Waals surface area contributed by atoms with Crippen LogP contribution in [0.5, 0.6) is 0 Å². The SMILES string of the molecule is Cc1ccc(NC(=O)c2cnc3c(c(C)nn3CCN3CCN(C(C)C)CC3)c2Cl)cc1. The highest BCUT2D eigenvalue weighted by Gasteiger charge is 2.21. The molecule has 4 rings (SSSR count). The molecule has 170 valence electrons. The Morgan fingerprint density at radius 2 is 1.78 bits per heavy atom. The molecule has 1 aliphatic rings. The van der Waals surface area contributed by atoms with E-state index in [0.29, 0.717) is 16.6 Å². The Bertz CT molecular complexity index is 1100. The Labute approximate surface area is 194 Å². The van der Waals surface area contributed by atoms with Crippen LogP contribution in [0.3, 0.4) is 0 Å². The van der Waals surface area contributed by atoms with Crippen molar-refractivity contribution in [2.75, 3.05) is 38.0 Å². The van der Waals surface area contributed by atoms with E-state index in [1.54, 1.807) is 6.20 Å². The highest BCUT2D eigenvalue weighted by molar-refractivity contribution is 6.39. The fraction of sp³-hybridized carbons (Fsp3) is 0.458. The molecule has 7 nitrogen and oxygen atoms in total. The largest absolute Gasteiger partial charge is 0.322 e. The lowest BCUT2D eigenvalue weighted by Gasteiger charge is -2.36. The highest BCUT2D eigenvalue weighted by atomic mass is 35.5. The average molecular weight is 455 g/mol. The third-order valence-electron chi connectivity index (χ3n) is 6.19. The molecule has 8 heteroatoms. The van der Waals surface area contributed by atoms with Gasteiger partial charge >= 0.3 is 0 Å². The van der Waals surface area contributed by atoms with Gasteiger partial charge in [-0.15, -0.1) is 0 Å². The number of carbonyl (C=O) groups excluding carboxylic acids is 1. The van der Waals surface area contributed by atoms with Crippen LogP contribution in [0.25, 0.3) is 11.0 Å². The summed E-state index contributed by atoms with van der Waals surface area (Å²) in [6.45, 7) is 14.4. The Morgan fingerprint density at radius 3 is 2.44 bits per heavy atom. The fourth-order valence-corrected chi connectivity index (χ4v) is 4.52. The first-order chi connectivity index (χ1) is 15.3. The summed E-state index contributed by atoms with van der Waals surface area (Å²) in [5, 5.41) is 8.71. The number of aryl methyl sites for hydroxylation is 2. The molecule has 1 fully saturated rings. The summed E-state index contributed by atoms with van der Waals surface area (Å²) < 4.78 is 1.91. The van der Waals surface area contributed by atoms with E-state index in [1.807, 2.05) is 42.8 Å². The molecule has 0 radical (unpaired) electrons. The number of aromatic nitrogens is 3. The summed E-state index contributed by atoms with van der Waals surface area (Å²) in [6.07, 6.45) is 1.55. The minimum atomic E-state index is -0.275. The maximum absolute atomic E-state index is 12.8. The van der Waals surface area contributed by atoms with Crippen molar-refractivity contribution in [2.45, 2.75) is 40.3 Å². The topological polar surface area (TPSA) is 66.3 Å². The zero-order chi connectivity index (χ0) is 22.8. The lowest BCUT2D eigenvalue weighted by molar-refractivity contribution is 0.102. The van der Waals surface area contributed by atoms with Crippen molar-refractivity contribution in [1.82, 2.24) is 24.6 Å². The van der Waals surface area contributed by atoms with E-state index in [1.165, 1.54) is 0 Å². The van der Waals surface area contributed by atoms with Crippen molar-refractivity contribution in [3.8, 4) is 0 Å². The summed E-state index contributed by atoms with van der Waals surface area (Å²) in [5.41, 5.74) is 3.72. The number of hydrogen-bond donors (Lipinski definition) is 1. The maximum atomic E-state index is 12.8. The smallest absolute Gasteiger partial charge is 0.258 e. The first-order valence-electron chi connectivity index (χ1n) is 11.2. The summed E-state index contributed by atoms with van der Waals surface area (Å²) in [5.74, 6) is -0.275. The van der Waals surface area contributed by atoms with Crippen LogP contribution in [0.15, 0.2) is 30.5 Å². The molecule has 0 aliphatic carbocycles. The summed E-state index contributed by atoms with van der Waals surface area (Å²) in [6, 6.07) is 8.25.